The second-order valence-corrected chi connectivity index (χ2v) is 6.59. The van der Waals surface area contributed by atoms with E-state index in [1.807, 2.05) is 36.5 Å². The van der Waals surface area contributed by atoms with Gasteiger partial charge < -0.3 is 9.26 Å². The Kier molecular flexibility index (Phi) is 5.33. The molecule has 1 aliphatic rings. The molecule has 0 amide bonds. The molecule has 6 nitrogen and oxygen atoms in total. The molecule has 0 spiro atoms. The third kappa shape index (κ3) is 4.33. The lowest BCUT2D eigenvalue weighted by atomic mass is 10.1. The molecule has 0 N–H and O–H groups in total. The second kappa shape index (κ2) is 8.21. The molecule has 0 saturated carbocycles. The molecule has 1 atom stereocenters. The zero-order valence-electron chi connectivity index (χ0n) is 14.6. The monoisotopic (exact) mass is 350 g/mol. The normalized spacial score (nSPS) is 18.1. The van der Waals surface area contributed by atoms with Crippen LogP contribution in [0.1, 0.15) is 24.2 Å². The molecule has 0 aromatic carbocycles. The van der Waals surface area contributed by atoms with Crippen molar-refractivity contribution >= 4 is 0 Å². The van der Waals surface area contributed by atoms with E-state index in [1.54, 1.807) is 18.6 Å². The summed E-state index contributed by atoms with van der Waals surface area (Å²) in [6, 6.07) is 9.87. The average molecular weight is 350 g/mol. The van der Waals surface area contributed by atoms with Crippen molar-refractivity contribution in [1.29, 1.82) is 0 Å². The van der Waals surface area contributed by atoms with Crippen molar-refractivity contribution in [3.63, 3.8) is 0 Å². The lowest BCUT2D eigenvalue weighted by Crippen LogP contribution is -2.39. The molecule has 4 rings (SSSR count). The summed E-state index contributed by atoms with van der Waals surface area (Å²) in [5, 5.41) is 4.18. The van der Waals surface area contributed by atoms with Crippen molar-refractivity contribution in [3.05, 3.63) is 66.4 Å². The summed E-state index contributed by atoms with van der Waals surface area (Å²) in [6.07, 6.45) is 9.63. The van der Waals surface area contributed by atoms with Gasteiger partial charge in [0, 0.05) is 43.0 Å². The minimum Gasteiger partial charge on any atom is -0.372 e. The molecular formula is C20H22N4O2. The minimum absolute atomic E-state index is 0.242. The highest BCUT2D eigenvalue weighted by Crippen LogP contribution is 2.21. The quantitative estimate of drug-likeness (QED) is 0.679. The van der Waals surface area contributed by atoms with E-state index in [0.717, 1.165) is 55.1 Å². The first kappa shape index (κ1) is 16.9. The molecule has 0 aliphatic carbocycles. The average Bonchev–Trinajstić information content (AvgIpc) is 3.17. The van der Waals surface area contributed by atoms with Crippen LogP contribution in [-0.4, -0.2) is 39.2 Å². The highest BCUT2D eigenvalue weighted by Gasteiger charge is 2.22. The van der Waals surface area contributed by atoms with Gasteiger partial charge in [-0.05, 0) is 43.1 Å². The molecule has 3 aromatic rings. The molecule has 4 heterocycles. The standard InChI is InChI=1S/C20H22N4O2/c1-3-16(12-22-7-1)15-25-18-4-2-10-24(13-18)14-19-11-20(23-26-19)17-5-8-21-9-6-17/h1,3,5-9,11-12,18H,2,4,10,13-15H2. The molecule has 1 saturated heterocycles. The van der Waals surface area contributed by atoms with Crippen molar-refractivity contribution in [1.82, 2.24) is 20.0 Å². The zero-order chi connectivity index (χ0) is 17.6. The van der Waals surface area contributed by atoms with Crippen LogP contribution in [0.5, 0.6) is 0 Å². The molecule has 3 aromatic heterocycles. The molecule has 0 radical (unpaired) electrons. The van der Waals surface area contributed by atoms with Crippen LogP contribution in [0.25, 0.3) is 11.3 Å². The third-order valence-electron chi connectivity index (χ3n) is 4.59. The van der Waals surface area contributed by atoms with Crippen LogP contribution in [-0.2, 0) is 17.9 Å². The van der Waals surface area contributed by atoms with Gasteiger partial charge in [-0.25, -0.2) is 0 Å². The molecule has 6 heteroatoms. The van der Waals surface area contributed by atoms with E-state index in [9.17, 15) is 0 Å². The molecule has 134 valence electrons. The predicted octanol–water partition coefficient (Wildman–Crippen LogP) is 3.31. The Hall–Kier alpha value is -2.57. The maximum Gasteiger partial charge on any atom is 0.151 e. The molecule has 26 heavy (non-hydrogen) atoms. The summed E-state index contributed by atoms with van der Waals surface area (Å²) >= 11 is 0. The van der Waals surface area contributed by atoms with E-state index in [-0.39, 0.29) is 6.10 Å². The number of ether oxygens (including phenoxy) is 1. The maximum absolute atomic E-state index is 6.08. The Morgan fingerprint density at radius 3 is 2.92 bits per heavy atom. The smallest absolute Gasteiger partial charge is 0.151 e. The third-order valence-corrected chi connectivity index (χ3v) is 4.59. The molecule has 1 aliphatic heterocycles. The first-order chi connectivity index (χ1) is 12.9. The Labute approximate surface area is 152 Å². The number of nitrogens with zero attached hydrogens (tertiary/aromatic N) is 4. The van der Waals surface area contributed by atoms with Crippen LogP contribution in [0.15, 0.2) is 59.6 Å². The van der Waals surface area contributed by atoms with Crippen LogP contribution >= 0.6 is 0 Å². The van der Waals surface area contributed by atoms with E-state index >= 15 is 0 Å². The van der Waals surface area contributed by atoms with Gasteiger partial charge in [0.1, 0.15) is 5.69 Å². The fourth-order valence-corrected chi connectivity index (χ4v) is 3.26. The Morgan fingerprint density at radius 2 is 2.08 bits per heavy atom. The van der Waals surface area contributed by atoms with Gasteiger partial charge in [-0.3, -0.25) is 14.9 Å². The predicted molar refractivity (Wildman–Crippen MR) is 97.1 cm³/mol. The summed E-state index contributed by atoms with van der Waals surface area (Å²) < 4.78 is 11.6. The maximum atomic E-state index is 6.08. The van der Waals surface area contributed by atoms with Crippen LogP contribution in [0.4, 0.5) is 0 Å². The number of rotatable bonds is 6. The van der Waals surface area contributed by atoms with Gasteiger partial charge in [0.15, 0.2) is 5.76 Å². The van der Waals surface area contributed by atoms with E-state index in [0.29, 0.717) is 6.61 Å². The van der Waals surface area contributed by atoms with E-state index in [4.69, 9.17) is 9.26 Å². The van der Waals surface area contributed by atoms with Gasteiger partial charge >= 0.3 is 0 Å². The zero-order valence-corrected chi connectivity index (χ0v) is 14.6. The number of hydrogen-bond donors (Lipinski definition) is 0. The number of hydrogen-bond acceptors (Lipinski definition) is 6. The summed E-state index contributed by atoms with van der Waals surface area (Å²) in [6.45, 7) is 3.33. The molecule has 1 fully saturated rings. The van der Waals surface area contributed by atoms with Gasteiger partial charge in [-0.2, -0.15) is 0 Å². The van der Waals surface area contributed by atoms with Crippen LogP contribution in [0, 0.1) is 0 Å². The van der Waals surface area contributed by atoms with E-state index in [1.165, 1.54) is 0 Å². The lowest BCUT2D eigenvalue weighted by Gasteiger charge is -2.31. The number of piperidine rings is 1. The first-order valence-corrected chi connectivity index (χ1v) is 8.96. The topological polar surface area (TPSA) is 64.3 Å². The van der Waals surface area contributed by atoms with Gasteiger partial charge in [0.2, 0.25) is 0 Å². The number of aromatic nitrogens is 3. The molecule has 0 bridgehead atoms. The van der Waals surface area contributed by atoms with Crippen molar-refractivity contribution in [2.45, 2.75) is 32.1 Å². The Balaban J connectivity index is 1.32. The van der Waals surface area contributed by atoms with Gasteiger partial charge in [0.25, 0.3) is 0 Å². The van der Waals surface area contributed by atoms with E-state index in [2.05, 4.69) is 20.0 Å². The van der Waals surface area contributed by atoms with Gasteiger partial charge in [-0.15, -0.1) is 0 Å². The SMILES string of the molecule is c1cncc(COC2CCCN(Cc3cc(-c4ccncc4)no3)C2)c1. The van der Waals surface area contributed by atoms with Crippen LogP contribution in [0.2, 0.25) is 0 Å². The minimum atomic E-state index is 0.242. The van der Waals surface area contributed by atoms with Crippen LogP contribution < -0.4 is 0 Å². The second-order valence-electron chi connectivity index (χ2n) is 6.59. The molecule has 1 unspecified atom stereocenters. The molecular weight excluding hydrogens is 328 g/mol. The van der Waals surface area contributed by atoms with Gasteiger partial charge in [0.05, 0.1) is 19.3 Å². The van der Waals surface area contributed by atoms with Crippen molar-refractivity contribution < 1.29 is 9.26 Å². The number of likely N-dealkylation sites (tertiary alicyclic amines) is 1. The van der Waals surface area contributed by atoms with E-state index < -0.39 is 0 Å². The largest absolute Gasteiger partial charge is 0.372 e. The first-order valence-electron chi connectivity index (χ1n) is 8.96. The highest BCUT2D eigenvalue weighted by molar-refractivity contribution is 5.57. The van der Waals surface area contributed by atoms with Crippen molar-refractivity contribution in [3.8, 4) is 11.3 Å². The summed E-state index contributed by atoms with van der Waals surface area (Å²) in [7, 11) is 0. The Morgan fingerprint density at radius 1 is 1.15 bits per heavy atom. The summed E-state index contributed by atoms with van der Waals surface area (Å²) in [4.78, 5) is 10.5. The number of pyridine rings is 2. The van der Waals surface area contributed by atoms with Crippen molar-refractivity contribution in [2.75, 3.05) is 13.1 Å². The fourth-order valence-electron chi connectivity index (χ4n) is 3.26. The Bertz CT molecular complexity index is 807. The highest BCUT2D eigenvalue weighted by atomic mass is 16.5. The van der Waals surface area contributed by atoms with Gasteiger partial charge in [-0.1, -0.05) is 11.2 Å². The summed E-state index contributed by atoms with van der Waals surface area (Å²) in [5.41, 5.74) is 2.98. The lowest BCUT2D eigenvalue weighted by molar-refractivity contribution is -0.0138. The van der Waals surface area contributed by atoms with Crippen LogP contribution in [0.3, 0.4) is 0 Å². The summed E-state index contributed by atoms with van der Waals surface area (Å²) in [5.74, 6) is 0.879. The fraction of sp³-hybridized carbons (Fsp3) is 0.350. The van der Waals surface area contributed by atoms with Crippen molar-refractivity contribution in [2.24, 2.45) is 0 Å².